The molecule has 1 N–H and O–H groups in total. The predicted octanol–water partition coefficient (Wildman–Crippen LogP) is 5.75. The molecule has 3 nitrogen and oxygen atoms in total. The second-order valence-corrected chi connectivity index (χ2v) is 7.80. The highest BCUT2D eigenvalue weighted by Gasteiger charge is 2.40. The number of ether oxygens (including phenoxy) is 1. The highest BCUT2D eigenvalue weighted by atomic mass is 19.4. The van der Waals surface area contributed by atoms with E-state index in [1.165, 1.54) is 6.07 Å². The van der Waals surface area contributed by atoms with Crippen LogP contribution in [0.15, 0.2) is 48.5 Å². The van der Waals surface area contributed by atoms with Crippen molar-refractivity contribution in [1.82, 2.24) is 5.32 Å². The summed E-state index contributed by atoms with van der Waals surface area (Å²) < 4.78 is 43.8. The number of alkyl halides is 3. The predicted molar refractivity (Wildman–Crippen MR) is 97.4 cm³/mol. The van der Waals surface area contributed by atoms with Crippen molar-refractivity contribution in [2.24, 2.45) is 0 Å². The van der Waals surface area contributed by atoms with Gasteiger partial charge >= 0.3 is 12.3 Å². The van der Waals surface area contributed by atoms with Crippen LogP contribution < -0.4 is 5.32 Å². The molecule has 1 aliphatic carbocycles. The maximum absolute atomic E-state index is 12.9. The van der Waals surface area contributed by atoms with Gasteiger partial charge in [0.05, 0.1) is 5.56 Å². The molecule has 2 aromatic carbocycles. The van der Waals surface area contributed by atoms with E-state index in [1.807, 2.05) is 45.0 Å². The minimum absolute atomic E-state index is 0.0271. The molecule has 144 valence electrons. The van der Waals surface area contributed by atoms with Gasteiger partial charge in [0, 0.05) is 12.0 Å². The van der Waals surface area contributed by atoms with Crippen molar-refractivity contribution < 1.29 is 22.7 Å². The minimum atomic E-state index is -4.36. The lowest BCUT2D eigenvalue weighted by atomic mass is 10.0. The SMILES string of the molecule is CC(C)(C)OC(=O)N[C@H]1CC1c1ccc(-c2cccc(C(F)(F)F)c2)cc1. The lowest BCUT2D eigenvalue weighted by Crippen LogP contribution is -2.34. The molecule has 1 fully saturated rings. The summed E-state index contributed by atoms with van der Waals surface area (Å²) in [5.41, 5.74) is 1.10. The number of amides is 1. The topological polar surface area (TPSA) is 38.3 Å². The number of alkyl carbamates (subject to hydrolysis) is 1. The normalized spacial score (nSPS) is 19.5. The van der Waals surface area contributed by atoms with Gasteiger partial charge in [-0.1, -0.05) is 36.4 Å². The van der Waals surface area contributed by atoms with Gasteiger partial charge in [0.1, 0.15) is 5.60 Å². The van der Waals surface area contributed by atoms with Crippen LogP contribution in [-0.2, 0) is 10.9 Å². The zero-order chi connectivity index (χ0) is 19.8. The third kappa shape index (κ3) is 5.02. The van der Waals surface area contributed by atoms with Crippen molar-refractivity contribution in [3.05, 3.63) is 59.7 Å². The van der Waals surface area contributed by atoms with Crippen LogP contribution >= 0.6 is 0 Å². The second-order valence-electron chi connectivity index (χ2n) is 7.80. The molecule has 0 radical (unpaired) electrons. The Hall–Kier alpha value is -2.50. The molecular weight excluding hydrogens is 355 g/mol. The van der Waals surface area contributed by atoms with Gasteiger partial charge < -0.3 is 10.1 Å². The highest BCUT2D eigenvalue weighted by molar-refractivity contribution is 5.69. The summed E-state index contributed by atoms with van der Waals surface area (Å²) >= 11 is 0. The highest BCUT2D eigenvalue weighted by Crippen LogP contribution is 2.41. The maximum atomic E-state index is 12.9. The third-order valence-corrected chi connectivity index (χ3v) is 4.35. The summed E-state index contributed by atoms with van der Waals surface area (Å²) in [4.78, 5) is 11.8. The molecule has 2 atom stereocenters. The summed E-state index contributed by atoms with van der Waals surface area (Å²) in [5, 5.41) is 2.84. The Morgan fingerprint density at radius 1 is 1.04 bits per heavy atom. The molecule has 1 amide bonds. The Bertz CT molecular complexity index is 823. The van der Waals surface area contributed by atoms with E-state index in [-0.39, 0.29) is 12.0 Å². The summed E-state index contributed by atoms with van der Waals surface area (Å²) in [6.45, 7) is 5.43. The van der Waals surface area contributed by atoms with Crippen LogP contribution in [0.4, 0.5) is 18.0 Å². The number of carbonyl (C=O) groups is 1. The van der Waals surface area contributed by atoms with Crippen molar-refractivity contribution in [3.63, 3.8) is 0 Å². The molecule has 0 bridgehead atoms. The summed E-state index contributed by atoms with van der Waals surface area (Å²) in [7, 11) is 0. The molecule has 0 saturated heterocycles. The van der Waals surface area contributed by atoms with Gasteiger partial charge in [-0.2, -0.15) is 13.2 Å². The van der Waals surface area contributed by atoms with Crippen molar-refractivity contribution in [3.8, 4) is 11.1 Å². The fourth-order valence-electron chi connectivity index (χ4n) is 2.98. The van der Waals surface area contributed by atoms with Crippen LogP contribution in [0.25, 0.3) is 11.1 Å². The van der Waals surface area contributed by atoms with Crippen LogP contribution in [0.1, 0.15) is 44.2 Å². The molecule has 0 spiro atoms. The minimum Gasteiger partial charge on any atom is -0.444 e. The molecule has 3 rings (SSSR count). The fourth-order valence-corrected chi connectivity index (χ4v) is 2.98. The van der Waals surface area contributed by atoms with Crippen LogP contribution in [0, 0.1) is 0 Å². The average molecular weight is 377 g/mol. The first kappa shape index (κ1) is 19.3. The van der Waals surface area contributed by atoms with E-state index in [4.69, 9.17) is 4.74 Å². The van der Waals surface area contributed by atoms with Gasteiger partial charge in [0.15, 0.2) is 0 Å². The van der Waals surface area contributed by atoms with E-state index in [9.17, 15) is 18.0 Å². The average Bonchev–Trinajstić information content (AvgIpc) is 3.31. The number of carbonyl (C=O) groups excluding carboxylic acids is 1. The van der Waals surface area contributed by atoms with E-state index in [1.54, 1.807) is 6.07 Å². The molecule has 27 heavy (non-hydrogen) atoms. The standard InChI is InChI=1S/C21H22F3NO2/c1-20(2,3)27-19(26)25-18-12-17(18)14-9-7-13(8-10-14)15-5-4-6-16(11-15)21(22,23)24/h4-11,17-18H,12H2,1-3H3,(H,25,26)/t17?,18-/m0/s1. The van der Waals surface area contributed by atoms with Crippen molar-refractivity contribution in [2.75, 3.05) is 0 Å². The molecule has 0 aliphatic heterocycles. The van der Waals surface area contributed by atoms with E-state index < -0.39 is 23.4 Å². The largest absolute Gasteiger partial charge is 0.444 e. The van der Waals surface area contributed by atoms with Gasteiger partial charge in [0.25, 0.3) is 0 Å². The first-order valence-electron chi connectivity index (χ1n) is 8.80. The van der Waals surface area contributed by atoms with Gasteiger partial charge in [0.2, 0.25) is 0 Å². The number of nitrogens with one attached hydrogen (secondary N) is 1. The van der Waals surface area contributed by atoms with Crippen molar-refractivity contribution in [1.29, 1.82) is 0 Å². The number of hydrogen-bond acceptors (Lipinski definition) is 2. The quantitative estimate of drug-likeness (QED) is 0.739. The van der Waals surface area contributed by atoms with E-state index >= 15 is 0 Å². The van der Waals surface area contributed by atoms with E-state index in [0.717, 1.165) is 29.7 Å². The monoisotopic (exact) mass is 377 g/mol. The Kier molecular flexibility index (Phi) is 4.93. The first-order valence-corrected chi connectivity index (χ1v) is 8.80. The van der Waals surface area contributed by atoms with Crippen molar-refractivity contribution >= 4 is 6.09 Å². The Labute approximate surface area is 156 Å². The molecule has 2 aromatic rings. The van der Waals surface area contributed by atoms with Gasteiger partial charge in [-0.15, -0.1) is 0 Å². The molecule has 1 saturated carbocycles. The molecule has 1 unspecified atom stereocenters. The van der Waals surface area contributed by atoms with Gasteiger partial charge in [-0.25, -0.2) is 4.79 Å². The molecule has 0 aromatic heterocycles. The van der Waals surface area contributed by atoms with E-state index in [2.05, 4.69) is 5.32 Å². The number of rotatable bonds is 3. The molecule has 1 aliphatic rings. The Morgan fingerprint density at radius 2 is 1.70 bits per heavy atom. The van der Waals surface area contributed by atoms with Gasteiger partial charge in [-0.05, 0) is 56.0 Å². The summed E-state index contributed by atoms with van der Waals surface area (Å²) in [5.74, 6) is 0.202. The Morgan fingerprint density at radius 3 is 2.30 bits per heavy atom. The number of halogens is 3. The number of benzene rings is 2. The lowest BCUT2D eigenvalue weighted by Gasteiger charge is -2.19. The van der Waals surface area contributed by atoms with Gasteiger partial charge in [-0.3, -0.25) is 0 Å². The van der Waals surface area contributed by atoms with Crippen LogP contribution in [-0.4, -0.2) is 17.7 Å². The number of hydrogen-bond donors (Lipinski definition) is 1. The molecular formula is C21H22F3NO2. The first-order chi connectivity index (χ1) is 12.5. The third-order valence-electron chi connectivity index (χ3n) is 4.35. The lowest BCUT2D eigenvalue weighted by molar-refractivity contribution is -0.137. The van der Waals surface area contributed by atoms with Crippen LogP contribution in [0.5, 0.6) is 0 Å². The molecule has 0 heterocycles. The van der Waals surface area contributed by atoms with Crippen LogP contribution in [0.2, 0.25) is 0 Å². The Balaban J connectivity index is 1.65. The van der Waals surface area contributed by atoms with E-state index in [0.29, 0.717) is 5.56 Å². The van der Waals surface area contributed by atoms with Crippen LogP contribution in [0.3, 0.4) is 0 Å². The zero-order valence-corrected chi connectivity index (χ0v) is 15.4. The zero-order valence-electron chi connectivity index (χ0n) is 15.4. The maximum Gasteiger partial charge on any atom is 0.416 e. The smallest absolute Gasteiger partial charge is 0.416 e. The summed E-state index contributed by atoms with van der Waals surface area (Å²) in [6.07, 6.45) is -3.97. The fraction of sp³-hybridized carbons (Fsp3) is 0.381. The molecule has 6 heteroatoms. The van der Waals surface area contributed by atoms with Crippen molar-refractivity contribution in [2.45, 2.75) is 50.9 Å². The second kappa shape index (κ2) is 6.91. The summed E-state index contributed by atoms with van der Waals surface area (Å²) in [6, 6.07) is 12.7.